The molecule has 0 aliphatic rings. The summed E-state index contributed by atoms with van der Waals surface area (Å²) in [4.78, 5) is 0. The summed E-state index contributed by atoms with van der Waals surface area (Å²) < 4.78 is 37.7. The van der Waals surface area contributed by atoms with Crippen molar-refractivity contribution in [1.82, 2.24) is 0 Å². The first kappa shape index (κ1) is 9.85. The van der Waals surface area contributed by atoms with Gasteiger partial charge in [-0.05, 0) is 19.0 Å². The Kier molecular flexibility index (Phi) is 2.77. The minimum atomic E-state index is -1.67. The summed E-state index contributed by atoms with van der Waals surface area (Å²) in [6.07, 6.45) is 0.0972. The second-order valence-electron chi connectivity index (χ2n) is 2.53. The monoisotopic (exact) mass is 191 g/mol. The Morgan fingerprint density at radius 2 is 1.85 bits per heavy atom. The number of rotatable bonds is 2. The second-order valence-corrected chi connectivity index (χ2v) is 2.53. The van der Waals surface area contributed by atoms with E-state index >= 15 is 0 Å². The van der Waals surface area contributed by atoms with E-state index < -0.39 is 23.2 Å². The van der Waals surface area contributed by atoms with E-state index in [1.54, 1.807) is 0 Å². The van der Waals surface area contributed by atoms with Gasteiger partial charge in [0.25, 0.3) is 0 Å². The molecule has 0 aromatic heterocycles. The zero-order chi connectivity index (χ0) is 10.0. The van der Waals surface area contributed by atoms with Crippen LogP contribution in [0.25, 0.3) is 0 Å². The van der Waals surface area contributed by atoms with E-state index in [0.717, 1.165) is 6.07 Å². The standard InChI is InChI=1S/C8H8F3NO/c9-5-3-4(1-2-12)8(13)7(11)6(5)10/h3,13H,1-2,12H2. The molecule has 2 nitrogen and oxygen atoms in total. The normalized spacial score (nSPS) is 10.5. The summed E-state index contributed by atoms with van der Waals surface area (Å²) in [7, 11) is 0. The first-order chi connectivity index (χ1) is 6.07. The highest BCUT2D eigenvalue weighted by Gasteiger charge is 2.17. The van der Waals surface area contributed by atoms with Gasteiger partial charge in [-0.25, -0.2) is 8.78 Å². The van der Waals surface area contributed by atoms with Crippen LogP contribution in [0.15, 0.2) is 6.07 Å². The van der Waals surface area contributed by atoms with Crippen LogP contribution in [-0.4, -0.2) is 11.7 Å². The third-order valence-corrected chi connectivity index (χ3v) is 1.63. The van der Waals surface area contributed by atoms with Crippen LogP contribution in [0.4, 0.5) is 13.2 Å². The van der Waals surface area contributed by atoms with Gasteiger partial charge in [-0.1, -0.05) is 0 Å². The molecule has 0 aliphatic carbocycles. The SMILES string of the molecule is NCCc1cc(F)c(F)c(F)c1O. The quantitative estimate of drug-likeness (QED) is 0.692. The van der Waals surface area contributed by atoms with Crippen LogP contribution in [-0.2, 0) is 6.42 Å². The van der Waals surface area contributed by atoms with E-state index in [4.69, 9.17) is 10.8 Å². The molecule has 1 aromatic carbocycles. The smallest absolute Gasteiger partial charge is 0.203 e. The molecule has 0 heterocycles. The summed E-state index contributed by atoms with van der Waals surface area (Å²) in [5.74, 6) is -5.43. The van der Waals surface area contributed by atoms with Crippen LogP contribution in [0.1, 0.15) is 5.56 Å². The Balaban J connectivity index is 3.24. The fourth-order valence-electron chi connectivity index (χ4n) is 0.981. The van der Waals surface area contributed by atoms with Crippen molar-refractivity contribution in [3.63, 3.8) is 0 Å². The molecule has 0 atom stereocenters. The average Bonchev–Trinajstić information content (AvgIpc) is 2.11. The molecule has 5 heteroatoms. The van der Waals surface area contributed by atoms with Crippen LogP contribution in [0.3, 0.4) is 0 Å². The van der Waals surface area contributed by atoms with Crippen molar-refractivity contribution in [2.75, 3.05) is 6.54 Å². The number of hydrogen-bond donors (Lipinski definition) is 2. The van der Waals surface area contributed by atoms with E-state index in [9.17, 15) is 13.2 Å². The number of aromatic hydroxyl groups is 1. The maximum absolute atomic E-state index is 12.7. The first-order valence-corrected chi connectivity index (χ1v) is 3.63. The third kappa shape index (κ3) is 1.75. The number of hydrogen-bond acceptors (Lipinski definition) is 2. The number of halogens is 3. The summed E-state index contributed by atoms with van der Waals surface area (Å²) in [5, 5.41) is 9.00. The topological polar surface area (TPSA) is 46.2 Å². The van der Waals surface area contributed by atoms with E-state index in [1.165, 1.54) is 0 Å². The Labute approximate surface area is 72.8 Å². The number of nitrogens with two attached hydrogens (primary N) is 1. The highest BCUT2D eigenvalue weighted by molar-refractivity contribution is 5.35. The van der Waals surface area contributed by atoms with Crippen LogP contribution >= 0.6 is 0 Å². The molecule has 0 fully saturated rings. The molecule has 1 aromatic rings. The van der Waals surface area contributed by atoms with E-state index in [2.05, 4.69) is 0 Å². The molecule has 0 bridgehead atoms. The molecule has 0 aliphatic heterocycles. The van der Waals surface area contributed by atoms with Crippen molar-refractivity contribution in [3.8, 4) is 5.75 Å². The van der Waals surface area contributed by atoms with Gasteiger partial charge in [0.05, 0.1) is 0 Å². The highest BCUT2D eigenvalue weighted by Crippen LogP contribution is 2.25. The molecule has 0 radical (unpaired) electrons. The number of phenols is 1. The zero-order valence-corrected chi connectivity index (χ0v) is 6.65. The van der Waals surface area contributed by atoms with Gasteiger partial charge in [0.15, 0.2) is 17.4 Å². The molecule has 1 rings (SSSR count). The summed E-state index contributed by atoms with van der Waals surface area (Å²) in [5.41, 5.74) is 5.09. The molecule has 72 valence electrons. The fourth-order valence-corrected chi connectivity index (χ4v) is 0.981. The van der Waals surface area contributed by atoms with E-state index in [1.807, 2.05) is 0 Å². The van der Waals surface area contributed by atoms with Gasteiger partial charge in [0.1, 0.15) is 0 Å². The summed E-state index contributed by atoms with van der Waals surface area (Å²) in [6, 6.07) is 0.737. The molecule has 3 N–H and O–H groups in total. The summed E-state index contributed by atoms with van der Waals surface area (Å²) >= 11 is 0. The highest BCUT2D eigenvalue weighted by atomic mass is 19.2. The van der Waals surface area contributed by atoms with Gasteiger partial charge in [0, 0.05) is 5.56 Å². The minimum absolute atomic E-state index is 0.0288. The number of benzene rings is 1. The van der Waals surface area contributed by atoms with Gasteiger partial charge < -0.3 is 10.8 Å². The van der Waals surface area contributed by atoms with Crippen LogP contribution in [0.2, 0.25) is 0 Å². The van der Waals surface area contributed by atoms with Crippen molar-refractivity contribution in [2.24, 2.45) is 5.73 Å². The lowest BCUT2D eigenvalue weighted by Gasteiger charge is -2.05. The van der Waals surface area contributed by atoms with Gasteiger partial charge >= 0.3 is 0 Å². The molecule has 0 spiro atoms. The largest absolute Gasteiger partial charge is 0.505 e. The van der Waals surface area contributed by atoms with Gasteiger partial charge in [-0.15, -0.1) is 0 Å². The fraction of sp³-hybridized carbons (Fsp3) is 0.250. The number of phenolic OH excluding ortho intramolecular Hbond substituents is 1. The van der Waals surface area contributed by atoms with Crippen molar-refractivity contribution in [2.45, 2.75) is 6.42 Å². The van der Waals surface area contributed by atoms with Crippen LogP contribution in [0.5, 0.6) is 5.75 Å². The molecular formula is C8H8F3NO. The predicted octanol–water partition coefficient (Wildman–Crippen LogP) is 1.31. The molecule has 0 unspecified atom stereocenters. The lowest BCUT2D eigenvalue weighted by atomic mass is 10.1. The second kappa shape index (κ2) is 3.66. The van der Waals surface area contributed by atoms with Gasteiger partial charge in [0.2, 0.25) is 5.82 Å². The third-order valence-electron chi connectivity index (χ3n) is 1.63. The molecule has 0 saturated carbocycles. The van der Waals surface area contributed by atoms with Crippen molar-refractivity contribution < 1.29 is 18.3 Å². The van der Waals surface area contributed by atoms with Gasteiger partial charge in [-0.2, -0.15) is 4.39 Å². The maximum Gasteiger partial charge on any atom is 0.203 e. The summed E-state index contributed by atoms with van der Waals surface area (Å²) in [6.45, 7) is 0.123. The Morgan fingerprint density at radius 1 is 1.23 bits per heavy atom. The zero-order valence-electron chi connectivity index (χ0n) is 6.65. The Morgan fingerprint density at radius 3 is 2.38 bits per heavy atom. The lowest BCUT2D eigenvalue weighted by Crippen LogP contribution is -2.05. The Bertz CT molecular complexity index is 328. The lowest BCUT2D eigenvalue weighted by molar-refractivity contribution is 0.381. The van der Waals surface area contributed by atoms with Crippen molar-refractivity contribution in [1.29, 1.82) is 0 Å². The van der Waals surface area contributed by atoms with Crippen LogP contribution < -0.4 is 5.73 Å². The molecular weight excluding hydrogens is 183 g/mol. The average molecular weight is 191 g/mol. The molecule has 0 saturated heterocycles. The minimum Gasteiger partial charge on any atom is -0.505 e. The maximum atomic E-state index is 12.7. The molecule has 0 amide bonds. The van der Waals surface area contributed by atoms with Crippen LogP contribution in [0, 0.1) is 17.5 Å². The first-order valence-electron chi connectivity index (χ1n) is 3.63. The van der Waals surface area contributed by atoms with E-state index in [-0.39, 0.29) is 18.5 Å². The molecule has 13 heavy (non-hydrogen) atoms. The van der Waals surface area contributed by atoms with Crippen molar-refractivity contribution in [3.05, 3.63) is 29.1 Å². The van der Waals surface area contributed by atoms with Crippen molar-refractivity contribution >= 4 is 0 Å². The van der Waals surface area contributed by atoms with E-state index in [0.29, 0.717) is 0 Å². The predicted molar refractivity (Wildman–Crippen MR) is 40.7 cm³/mol. The van der Waals surface area contributed by atoms with Gasteiger partial charge in [-0.3, -0.25) is 0 Å². The Hall–Kier alpha value is -1.23.